The van der Waals surface area contributed by atoms with Crippen molar-refractivity contribution >= 4 is 0 Å². The van der Waals surface area contributed by atoms with Crippen LogP contribution in [0.1, 0.15) is 30.4 Å². The molecule has 1 atom stereocenters. The van der Waals surface area contributed by atoms with E-state index in [1.165, 1.54) is 0 Å². The highest BCUT2D eigenvalue weighted by Crippen LogP contribution is 2.48. The molecule has 0 bridgehead atoms. The van der Waals surface area contributed by atoms with Crippen LogP contribution in [0, 0.1) is 11.3 Å². The van der Waals surface area contributed by atoms with E-state index in [1.54, 1.807) is 14.2 Å². The van der Waals surface area contributed by atoms with Crippen LogP contribution < -0.4 is 9.47 Å². The molecule has 4 nitrogen and oxygen atoms in total. The molecule has 1 unspecified atom stereocenters. The summed E-state index contributed by atoms with van der Waals surface area (Å²) in [4.78, 5) is 0. The van der Waals surface area contributed by atoms with Crippen LogP contribution in [0.4, 0.5) is 0 Å². The molecule has 1 aromatic rings. The summed E-state index contributed by atoms with van der Waals surface area (Å²) in [7, 11) is 3.24. The third-order valence-electron chi connectivity index (χ3n) is 3.94. The second-order valence-electron chi connectivity index (χ2n) is 4.85. The molecule has 2 rings (SSSR count). The van der Waals surface area contributed by atoms with Gasteiger partial charge in [0.25, 0.3) is 0 Å². The van der Waals surface area contributed by atoms with E-state index in [0.29, 0.717) is 18.6 Å². The standard InChI is InChI=1S/C15H19NO3/c1-18-13-5-4-12-11(14(13)19-2)6-8-15(12,10-16)7-3-9-17/h4-5,17H,3,6-9H2,1-2H3. The number of aliphatic hydroxyl groups excluding tert-OH is 1. The highest BCUT2D eigenvalue weighted by molar-refractivity contribution is 5.57. The summed E-state index contributed by atoms with van der Waals surface area (Å²) in [5.74, 6) is 1.44. The number of ether oxygens (including phenoxy) is 2. The van der Waals surface area contributed by atoms with Crippen molar-refractivity contribution in [1.29, 1.82) is 5.26 Å². The number of benzene rings is 1. The lowest BCUT2D eigenvalue weighted by Gasteiger charge is -2.22. The number of hydrogen-bond donors (Lipinski definition) is 1. The Morgan fingerprint density at radius 3 is 2.74 bits per heavy atom. The zero-order chi connectivity index (χ0) is 13.9. The van der Waals surface area contributed by atoms with Gasteiger partial charge in [-0.2, -0.15) is 5.26 Å². The van der Waals surface area contributed by atoms with E-state index in [9.17, 15) is 5.26 Å². The van der Waals surface area contributed by atoms with E-state index >= 15 is 0 Å². The van der Waals surface area contributed by atoms with Crippen molar-refractivity contribution in [1.82, 2.24) is 0 Å². The topological polar surface area (TPSA) is 62.5 Å². The van der Waals surface area contributed by atoms with E-state index in [-0.39, 0.29) is 6.61 Å². The summed E-state index contributed by atoms with van der Waals surface area (Å²) in [5.41, 5.74) is 1.61. The van der Waals surface area contributed by atoms with Gasteiger partial charge in [-0.15, -0.1) is 0 Å². The van der Waals surface area contributed by atoms with Gasteiger partial charge in [-0.3, -0.25) is 0 Å². The normalized spacial score (nSPS) is 20.7. The van der Waals surface area contributed by atoms with Crippen molar-refractivity contribution in [2.45, 2.75) is 31.1 Å². The summed E-state index contributed by atoms with van der Waals surface area (Å²) in [6, 6.07) is 6.27. The zero-order valence-corrected chi connectivity index (χ0v) is 11.4. The molecule has 102 valence electrons. The summed E-state index contributed by atoms with van der Waals surface area (Å²) in [5, 5.41) is 18.6. The predicted molar refractivity (Wildman–Crippen MR) is 71.5 cm³/mol. The Labute approximate surface area is 113 Å². The van der Waals surface area contributed by atoms with Gasteiger partial charge in [-0.1, -0.05) is 6.07 Å². The molecule has 0 aromatic heterocycles. The van der Waals surface area contributed by atoms with Gasteiger partial charge in [0.05, 0.1) is 25.7 Å². The van der Waals surface area contributed by atoms with Crippen LogP contribution in [0.5, 0.6) is 11.5 Å². The number of fused-ring (bicyclic) bond motifs is 1. The van der Waals surface area contributed by atoms with Gasteiger partial charge < -0.3 is 14.6 Å². The first-order valence-electron chi connectivity index (χ1n) is 6.49. The maximum Gasteiger partial charge on any atom is 0.164 e. The first kappa shape index (κ1) is 13.7. The van der Waals surface area contributed by atoms with Crippen molar-refractivity contribution in [2.75, 3.05) is 20.8 Å². The van der Waals surface area contributed by atoms with Crippen LogP contribution in [0.3, 0.4) is 0 Å². The number of methoxy groups -OCH3 is 2. The minimum absolute atomic E-state index is 0.117. The van der Waals surface area contributed by atoms with Gasteiger partial charge in [-0.25, -0.2) is 0 Å². The van der Waals surface area contributed by atoms with Crippen molar-refractivity contribution in [3.63, 3.8) is 0 Å². The molecule has 0 saturated heterocycles. The molecule has 0 radical (unpaired) electrons. The van der Waals surface area contributed by atoms with Crippen LogP contribution in [0.15, 0.2) is 12.1 Å². The number of hydrogen-bond acceptors (Lipinski definition) is 4. The number of nitriles is 1. The molecule has 0 fully saturated rings. The number of aliphatic hydroxyl groups is 1. The van der Waals surface area contributed by atoms with Gasteiger partial charge in [0.2, 0.25) is 0 Å². The van der Waals surface area contributed by atoms with E-state index in [4.69, 9.17) is 14.6 Å². The Morgan fingerprint density at radius 2 is 2.16 bits per heavy atom. The third kappa shape index (κ3) is 2.15. The average Bonchev–Trinajstić information content (AvgIpc) is 2.83. The first-order chi connectivity index (χ1) is 9.22. The maximum atomic E-state index is 9.58. The largest absolute Gasteiger partial charge is 0.493 e. The molecule has 0 amide bonds. The van der Waals surface area contributed by atoms with Crippen LogP contribution in [0.25, 0.3) is 0 Å². The molecule has 1 aromatic carbocycles. The van der Waals surface area contributed by atoms with Gasteiger partial charge in [-0.05, 0) is 37.3 Å². The molecule has 0 spiro atoms. The quantitative estimate of drug-likeness (QED) is 0.882. The summed E-state index contributed by atoms with van der Waals surface area (Å²) in [6.45, 7) is 0.117. The van der Waals surface area contributed by atoms with E-state index < -0.39 is 5.41 Å². The number of rotatable bonds is 5. The minimum Gasteiger partial charge on any atom is -0.493 e. The van der Waals surface area contributed by atoms with E-state index in [0.717, 1.165) is 29.7 Å². The molecular weight excluding hydrogens is 242 g/mol. The minimum atomic E-state index is -0.488. The van der Waals surface area contributed by atoms with Crippen molar-refractivity contribution in [3.8, 4) is 17.6 Å². The SMILES string of the molecule is COc1ccc2c(c1OC)CCC2(C#N)CCCO. The molecule has 1 N–H and O–H groups in total. The number of nitrogens with zero attached hydrogens (tertiary/aromatic N) is 1. The summed E-state index contributed by atoms with van der Waals surface area (Å²) < 4.78 is 10.7. The van der Waals surface area contributed by atoms with Crippen LogP contribution >= 0.6 is 0 Å². The fourth-order valence-corrected chi connectivity index (χ4v) is 2.97. The molecule has 1 aliphatic carbocycles. The molecule has 0 aliphatic heterocycles. The first-order valence-corrected chi connectivity index (χ1v) is 6.49. The Kier molecular flexibility index (Phi) is 3.96. The van der Waals surface area contributed by atoms with Crippen molar-refractivity contribution in [2.24, 2.45) is 0 Å². The highest BCUT2D eigenvalue weighted by Gasteiger charge is 2.40. The van der Waals surface area contributed by atoms with Gasteiger partial charge in [0.15, 0.2) is 11.5 Å². The van der Waals surface area contributed by atoms with Crippen LogP contribution in [0.2, 0.25) is 0 Å². The van der Waals surface area contributed by atoms with E-state index in [1.807, 2.05) is 12.1 Å². The summed E-state index contributed by atoms with van der Waals surface area (Å²) in [6.07, 6.45) is 2.92. The predicted octanol–water partition coefficient (Wildman–Crippen LogP) is 2.18. The van der Waals surface area contributed by atoms with Gasteiger partial charge >= 0.3 is 0 Å². The van der Waals surface area contributed by atoms with E-state index in [2.05, 4.69) is 6.07 Å². The maximum absolute atomic E-state index is 9.58. The van der Waals surface area contributed by atoms with Crippen LogP contribution in [-0.4, -0.2) is 25.9 Å². The lowest BCUT2D eigenvalue weighted by molar-refractivity contribution is 0.271. The Morgan fingerprint density at radius 1 is 1.37 bits per heavy atom. The Balaban J connectivity index is 2.48. The summed E-state index contributed by atoms with van der Waals surface area (Å²) >= 11 is 0. The molecular formula is C15H19NO3. The molecule has 0 saturated carbocycles. The fourth-order valence-electron chi connectivity index (χ4n) is 2.97. The van der Waals surface area contributed by atoms with Gasteiger partial charge in [0.1, 0.15) is 0 Å². The molecule has 19 heavy (non-hydrogen) atoms. The Hall–Kier alpha value is -1.73. The molecule has 0 heterocycles. The second kappa shape index (κ2) is 5.50. The van der Waals surface area contributed by atoms with Crippen molar-refractivity contribution < 1.29 is 14.6 Å². The third-order valence-corrected chi connectivity index (χ3v) is 3.94. The fraction of sp³-hybridized carbons (Fsp3) is 0.533. The van der Waals surface area contributed by atoms with Crippen molar-refractivity contribution in [3.05, 3.63) is 23.3 Å². The smallest absolute Gasteiger partial charge is 0.164 e. The monoisotopic (exact) mass is 261 g/mol. The lowest BCUT2D eigenvalue weighted by atomic mass is 9.79. The highest BCUT2D eigenvalue weighted by atomic mass is 16.5. The van der Waals surface area contributed by atoms with Crippen LogP contribution in [-0.2, 0) is 11.8 Å². The van der Waals surface area contributed by atoms with Gasteiger partial charge in [0, 0.05) is 12.2 Å². The second-order valence-corrected chi connectivity index (χ2v) is 4.85. The molecule has 4 heteroatoms. The Bertz CT molecular complexity index is 507. The lowest BCUT2D eigenvalue weighted by Crippen LogP contribution is -2.21. The molecule has 1 aliphatic rings. The average molecular weight is 261 g/mol. The zero-order valence-electron chi connectivity index (χ0n) is 11.4.